The topological polar surface area (TPSA) is 85.2 Å². The van der Waals surface area contributed by atoms with E-state index in [1.165, 1.54) is 21.1 Å². The molecule has 31 heavy (non-hydrogen) atoms. The van der Waals surface area contributed by atoms with Crippen LogP contribution < -0.4 is 10.9 Å². The molecule has 4 rings (SSSR count). The first-order valence-corrected chi connectivity index (χ1v) is 11.3. The highest BCUT2D eigenvalue weighted by Gasteiger charge is 2.32. The van der Waals surface area contributed by atoms with E-state index in [1.807, 2.05) is 19.1 Å². The summed E-state index contributed by atoms with van der Waals surface area (Å²) in [5.74, 6) is 0.206. The predicted octanol–water partition coefficient (Wildman–Crippen LogP) is 2.44. The maximum Gasteiger partial charge on any atom is 0.267 e. The fourth-order valence-electron chi connectivity index (χ4n) is 3.55. The van der Waals surface area contributed by atoms with Gasteiger partial charge in [0.2, 0.25) is 0 Å². The standard InChI is InChI=1S/C21H24N4O4S2/c1-13-5-6-17-23-18(22-11-14-4-3-8-29-14)15(19(26)25(17)12-13)10-16-20(27)24(7-9-28-2)21(30)31-16/h5-6,10,12,14,22H,3-4,7-9,11H2,1-2H3/b16-10+. The lowest BCUT2D eigenvalue weighted by molar-refractivity contribution is -0.122. The number of thioether (sulfide) groups is 1. The third kappa shape index (κ3) is 4.67. The van der Waals surface area contributed by atoms with Crippen molar-refractivity contribution in [3.05, 3.63) is 44.7 Å². The number of hydrogen-bond donors (Lipinski definition) is 1. The zero-order valence-electron chi connectivity index (χ0n) is 17.4. The number of nitrogens with one attached hydrogen (secondary N) is 1. The number of thiocarbonyl (C=S) groups is 1. The average Bonchev–Trinajstić information content (AvgIpc) is 3.36. The molecule has 2 aliphatic rings. The van der Waals surface area contributed by atoms with E-state index < -0.39 is 0 Å². The largest absolute Gasteiger partial charge is 0.383 e. The van der Waals surface area contributed by atoms with Crippen molar-refractivity contribution < 1.29 is 14.3 Å². The normalized spacial score (nSPS) is 20.4. The van der Waals surface area contributed by atoms with E-state index in [-0.39, 0.29) is 17.6 Å². The molecule has 0 radical (unpaired) electrons. The van der Waals surface area contributed by atoms with E-state index in [0.29, 0.717) is 46.0 Å². The lowest BCUT2D eigenvalue weighted by Gasteiger charge is -2.15. The van der Waals surface area contributed by atoms with Gasteiger partial charge in [0.05, 0.1) is 29.7 Å². The second-order valence-electron chi connectivity index (χ2n) is 7.46. The number of fused-ring (bicyclic) bond motifs is 1. The molecule has 2 aliphatic heterocycles. The summed E-state index contributed by atoms with van der Waals surface area (Å²) in [4.78, 5) is 32.7. The molecule has 1 amide bonds. The van der Waals surface area contributed by atoms with E-state index in [1.54, 1.807) is 19.4 Å². The maximum absolute atomic E-state index is 13.3. The molecule has 4 heterocycles. The van der Waals surface area contributed by atoms with Crippen molar-refractivity contribution >= 4 is 51.7 Å². The third-order valence-electron chi connectivity index (χ3n) is 5.19. The number of aryl methyl sites for hydroxylation is 1. The molecule has 164 valence electrons. The summed E-state index contributed by atoms with van der Waals surface area (Å²) in [7, 11) is 1.57. The summed E-state index contributed by atoms with van der Waals surface area (Å²) in [6.07, 6.45) is 5.41. The van der Waals surface area contributed by atoms with E-state index in [0.717, 1.165) is 25.0 Å². The Morgan fingerprint density at radius 1 is 1.42 bits per heavy atom. The van der Waals surface area contributed by atoms with Crippen LogP contribution in [0.3, 0.4) is 0 Å². The number of ether oxygens (including phenoxy) is 2. The van der Waals surface area contributed by atoms with Crippen molar-refractivity contribution in [1.29, 1.82) is 0 Å². The highest BCUT2D eigenvalue weighted by molar-refractivity contribution is 8.26. The van der Waals surface area contributed by atoms with Crippen LogP contribution in [-0.4, -0.2) is 64.0 Å². The van der Waals surface area contributed by atoms with Gasteiger partial charge in [-0.1, -0.05) is 30.0 Å². The molecule has 1 N–H and O–H groups in total. The van der Waals surface area contributed by atoms with E-state index >= 15 is 0 Å². The van der Waals surface area contributed by atoms with Crippen LogP contribution >= 0.6 is 24.0 Å². The molecule has 2 saturated heterocycles. The van der Waals surface area contributed by atoms with Gasteiger partial charge in [0.25, 0.3) is 11.5 Å². The summed E-state index contributed by atoms with van der Waals surface area (Å²) < 4.78 is 12.7. The van der Waals surface area contributed by atoms with Crippen LogP contribution in [0.25, 0.3) is 11.7 Å². The van der Waals surface area contributed by atoms with Crippen molar-refractivity contribution in [2.24, 2.45) is 0 Å². The molecule has 1 unspecified atom stereocenters. The summed E-state index contributed by atoms with van der Waals surface area (Å²) in [6, 6.07) is 3.72. The number of methoxy groups -OCH3 is 1. The van der Waals surface area contributed by atoms with Crippen molar-refractivity contribution in [3.63, 3.8) is 0 Å². The zero-order chi connectivity index (χ0) is 22.0. The maximum atomic E-state index is 13.3. The van der Waals surface area contributed by atoms with Crippen LogP contribution in [-0.2, 0) is 14.3 Å². The van der Waals surface area contributed by atoms with Crippen LogP contribution in [0.15, 0.2) is 28.0 Å². The first-order chi connectivity index (χ1) is 15.0. The minimum atomic E-state index is -0.245. The smallest absolute Gasteiger partial charge is 0.267 e. The van der Waals surface area contributed by atoms with E-state index in [2.05, 4.69) is 10.3 Å². The van der Waals surface area contributed by atoms with E-state index in [4.69, 9.17) is 21.7 Å². The lowest BCUT2D eigenvalue weighted by atomic mass is 10.2. The summed E-state index contributed by atoms with van der Waals surface area (Å²) >= 11 is 6.53. The van der Waals surface area contributed by atoms with Crippen molar-refractivity contribution in [2.45, 2.75) is 25.9 Å². The molecule has 10 heteroatoms. The number of carbonyl (C=O) groups excluding carboxylic acids is 1. The Bertz CT molecular complexity index is 1110. The Hall–Kier alpha value is -2.27. The fourth-order valence-corrected chi connectivity index (χ4v) is 4.84. The number of carbonyl (C=O) groups is 1. The minimum absolute atomic E-state index is 0.0818. The molecule has 0 bridgehead atoms. The average molecular weight is 461 g/mol. The van der Waals surface area contributed by atoms with Crippen molar-refractivity contribution in [1.82, 2.24) is 14.3 Å². The Morgan fingerprint density at radius 3 is 3.00 bits per heavy atom. The van der Waals surface area contributed by atoms with Crippen molar-refractivity contribution in [3.8, 4) is 0 Å². The second-order valence-corrected chi connectivity index (χ2v) is 9.13. The number of nitrogens with zero attached hydrogens (tertiary/aromatic N) is 3. The van der Waals surface area contributed by atoms with Gasteiger partial charge in [-0.3, -0.25) is 18.9 Å². The van der Waals surface area contributed by atoms with Crippen LogP contribution in [0.4, 0.5) is 5.82 Å². The second kappa shape index (κ2) is 9.47. The Labute approximate surface area is 189 Å². The molecular formula is C21H24N4O4S2. The number of aromatic nitrogens is 2. The monoisotopic (exact) mass is 460 g/mol. The Kier molecular flexibility index (Phi) is 6.71. The van der Waals surface area contributed by atoms with E-state index in [9.17, 15) is 9.59 Å². The number of pyridine rings is 1. The molecule has 0 saturated carbocycles. The number of hydrogen-bond acceptors (Lipinski definition) is 8. The molecule has 2 aromatic rings. The number of anilines is 1. The minimum Gasteiger partial charge on any atom is -0.383 e. The third-order valence-corrected chi connectivity index (χ3v) is 6.57. The van der Waals surface area contributed by atoms with Gasteiger partial charge >= 0.3 is 0 Å². The van der Waals surface area contributed by atoms with Gasteiger partial charge < -0.3 is 14.8 Å². The lowest BCUT2D eigenvalue weighted by Crippen LogP contribution is -2.31. The molecule has 2 fully saturated rings. The summed E-state index contributed by atoms with van der Waals surface area (Å²) in [5, 5.41) is 3.27. The van der Waals surface area contributed by atoms with Gasteiger partial charge in [-0.15, -0.1) is 0 Å². The predicted molar refractivity (Wildman–Crippen MR) is 125 cm³/mol. The Balaban J connectivity index is 1.73. The van der Waals surface area contributed by atoms with Gasteiger partial charge in [0.1, 0.15) is 15.8 Å². The zero-order valence-corrected chi connectivity index (χ0v) is 19.1. The molecule has 2 aromatic heterocycles. The first-order valence-electron chi connectivity index (χ1n) is 10.1. The highest BCUT2D eigenvalue weighted by atomic mass is 32.2. The summed E-state index contributed by atoms with van der Waals surface area (Å²) in [6.45, 7) is 3.96. The van der Waals surface area contributed by atoms with Crippen LogP contribution in [0.2, 0.25) is 0 Å². The van der Waals surface area contributed by atoms with Gasteiger partial charge in [-0.05, 0) is 37.5 Å². The quantitative estimate of drug-likeness (QED) is 0.498. The molecule has 0 aliphatic carbocycles. The Morgan fingerprint density at radius 2 is 2.26 bits per heavy atom. The van der Waals surface area contributed by atoms with Crippen LogP contribution in [0, 0.1) is 6.92 Å². The molecular weight excluding hydrogens is 436 g/mol. The molecule has 8 nitrogen and oxygen atoms in total. The van der Waals surface area contributed by atoms with Gasteiger partial charge in [0.15, 0.2) is 0 Å². The molecule has 0 spiro atoms. The number of rotatable bonds is 7. The van der Waals surface area contributed by atoms with Gasteiger partial charge in [-0.25, -0.2) is 4.98 Å². The van der Waals surface area contributed by atoms with Crippen LogP contribution in [0.1, 0.15) is 24.0 Å². The van der Waals surface area contributed by atoms with Crippen LogP contribution in [0.5, 0.6) is 0 Å². The van der Waals surface area contributed by atoms with Gasteiger partial charge in [0, 0.05) is 26.5 Å². The summed E-state index contributed by atoms with van der Waals surface area (Å²) in [5.41, 5.74) is 1.56. The first kappa shape index (κ1) is 21.9. The van der Waals surface area contributed by atoms with Crippen molar-refractivity contribution in [2.75, 3.05) is 38.7 Å². The molecule has 1 atom stereocenters. The SMILES string of the molecule is COCCN1C(=O)/C(=C\c2c(NCC3CCCO3)nc3ccc(C)cn3c2=O)SC1=S. The fraction of sp³-hybridized carbons (Fsp3) is 0.429. The molecule has 0 aromatic carbocycles. The highest BCUT2D eigenvalue weighted by Crippen LogP contribution is 2.33. The van der Waals surface area contributed by atoms with Gasteiger partial charge in [-0.2, -0.15) is 0 Å². The number of amides is 1.